The fourth-order valence-electron chi connectivity index (χ4n) is 2.19. The van der Waals surface area contributed by atoms with E-state index in [9.17, 15) is 9.59 Å². The molecule has 5 heteroatoms. The summed E-state index contributed by atoms with van der Waals surface area (Å²) in [6.07, 6.45) is 0.931. The Morgan fingerprint density at radius 2 is 1.64 bits per heavy atom. The van der Waals surface area contributed by atoms with Crippen LogP contribution >= 0.6 is 0 Å². The normalized spacial score (nSPS) is 13.0. The Kier molecular flexibility index (Phi) is 9.87. The van der Waals surface area contributed by atoms with E-state index in [0.717, 1.165) is 6.42 Å². The third-order valence-electron chi connectivity index (χ3n) is 3.08. The van der Waals surface area contributed by atoms with Gasteiger partial charge in [-0.15, -0.1) is 0 Å². The number of rotatable bonds is 7. The highest BCUT2D eigenvalue weighted by atomic mass is 16.4. The van der Waals surface area contributed by atoms with Gasteiger partial charge in [-0.05, 0) is 30.7 Å². The number of nitrogens with two attached hydrogens (primary N) is 2. The molecular weight excluding hydrogens is 280 g/mol. The van der Waals surface area contributed by atoms with Crippen molar-refractivity contribution in [3.05, 3.63) is 35.9 Å². The molecule has 2 atom stereocenters. The zero-order valence-corrected chi connectivity index (χ0v) is 13.7. The van der Waals surface area contributed by atoms with Crippen LogP contribution in [0.15, 0.2) is 30.3 Å². The summed E-state index contributed by atoms with van der Waals surface area (Å²) >= 11 is 0. The molecule has 0 heterocycles. The number of carboxylic acids is 1. The summed E-state index contributed by atoms with van der Waals surface area (Å²) in [6, 6.07) is 10.2. The van der Waals surface area contributed by atoms with Crippen LogP contribution in [0.5, 0.6) is 0 Å². The standard InChI is InChI=1S/C9H17NO3.C8H11N/c1-6(2)3-7(4-8(10)11)5-9(12)13;1-7(9)8-5-3-2-4-6-8/h6-7H,3-5H2,1-2H3,(H2,10,11)(H,12,13);2-7H,9H2,1H3/t2*7-/m00/s1. The zero-order valence-electron chi connectivity index (χ0n) is 13.7. The monoisotopic (exact) mass is 308 g/mol. The van der Waals surface area contributed by atoms with Crippen molar-refractivity contribution in [2.45, 2.75) is 46.1 Å². The number of carboxylic acid groups (broad SMARTS) is 1. The van der Waals surface area contributed by atoms with Gasteiger partial charge in [0.05, 0.1) is 0 Å². The van der Waals surface area contributed by atoms with Gasteiger partial charge in [0.1, 0.15) is 0 Å². The van der Waals surface area contributed by atoms with Gasteiger partial charge >= 0.3 is 5.97 Å². The van der Waals surface area contributed by atoms with Crippen molar-refractivity contribution < 1.29 is 14.7 Å². The maximum Gasteiger partial charge on any atom is 0.303 e. The second kappa shape index (κ2) is 10.8. The van der Waals surface area contributed by atoms with E-state index in [1.54, 1.807) is 0 Å². The van der Waals surface area contributed by atoms with Crippen molar-refractivity contribution in [2.24, 2.45) is 23.3 Å². The van der Waals surface area contributed by atoms with Crippen LogP contribution in [0.2, 0.25) is 0 Å². The summed E-state index contributed by atoms with van der Waals surface area (Å²) in [5, 5.41) is 8.56. The smallest absolute Gasteiger partial charge is 0.303 e. The first-order chi connectivity index (χ1) is 10.2. The Hall–Kier alpha value is -1.88. The van der Waals surface area contributed by atoms with Gasteiger partial charge < -0.3 is 16.6 Å². The van der Waals surface area contributed by atoms with Gasteiger partial charge in [0.15, 0.2) is 0 Å². The first-order valence-corrected chi connectivity index (χ1v) is 7.53. The third-order valence-corrected chi connectivity index (χ3v) is 3.08. The van der Waals surface area contributed by atoms with Crippen molar-refractivity contribution in [3.63, 3.8) is 0 Å². The molecule has 1 aromatic rings. The summed E-state index contributed by atoms with van der Waals surface area (Å²) in [6.45, 7) is 5.97. The number of primary amides is 1. The quantitative estimate of drug-likeness (QED) is 0.720. The Labute approximate surface area is 132 Å². The van der Waals surface area contributed by atoms with Crippen LogP contribution in [-0.4, -0.2) is 17.0 Å². The topological polar surface area (TPSA) is 106 Å². The average molecular weight is 308 g/mol. The Morgan fingerprint density at radius 3 is 1.95 bits per heavy atom. The van der Waals surface area contributed by atoms with E-state index in [-0.39, 0.29) is 24.8 Å². The van der Waals surface area contributed by atoms with Crippen molar-refractivity contribution in [2.75, 3.05) is 0 Å². The minimum Gasteiger partial charge on any atom is -0.481 e. The lowest BCUT2D eigenvalue weighted by molar-refractivity contribution is -0.138. The summed E-state index contributed by atoms with van der Waals surface area (Å²) in [5.74, 6) is -1.02. The lowest BCUT2D eigenvalue weighted by Gasteiger charge is -2.14. The van der Waals surface area contributed by atoms with Crippen LogP contribution in [0, 0.1) is 11.8 Å². The van der Waals surface area contributed by atoms with Gasteiger partial charge in [-0.2, -0.15) is 0 Å². The molecule has 0 aliphatic carbocycles. The van der Waals surface area contributed by atoms with Crippen LogP contribution < -0.4 is 11.5 Å². The molecule has 1 aromatic carbocycles. The van der Waals surface area contributed by atoms with E-state index < -0.39 is 11.9 Å². The molecule has 0 radical (unpaired) electrons. The second-order valence-electron chi connectivity index (χ2n) is 5.96. The van der Waals surface area contributed by atoms with Gasteiger partial charge in [0.25, 0.3) is 0 Å². The molecule has 0 aliphatic heterocycles. The zero-order chi connectivity index (χ0) is 17.1. The van der Waals surface area contributed by atoms with Crippen molar-refractivity contribution >= 4 is 11.9 Å². The predicted molar refractivity (Wildman–Crippen MR) is 88.1 cm³/mol. The largest absolute Gasteiger partial charge is 0.481 e. The molecule has 0 saturated heterocycles. The highest BCUT2D eigenvalue weighted by molar-refractivity contribution is 5.75. The number of carbonyl (C=O) groups excluding carboxylic acids is 1. The Bertz CT molecular complexity index is 428. The highest BCUT2D eigenvalue weighted by Gasteiger charge is 2.16. The lowest BCUT2D eigenvalue weighted by Crippen LogP contribution is -2.19. The number of carbonyl (C=O) groups is 2. The molecule has 1 rings (SSSR count). The summed E-state index contributed by atoms with van der Waals surface area (Å²) in [7, 11) is 0. The molecule has 0 unspecified atom stereocenters. The van der Waals surface area contributed by atoms with E-state index in [0.29, 0.717) is 5.92 Å². The van der Waals surface area contributed by atoms with Crippen LogP contribution in [0.25, 0.3) is 0 Å². The minimum absolute atomic E-state index is 0.0289. The van der Waals surface area contributed by atoms with E-state index >= 15 is 0 Å². The van der Waals surface area contributed by atoms with Gasteiger partial charge in [-0.1, -0.05) is 44.2 Å². The van der Waals surface area contributed by atoms with Crippen molar-refractivity contribution in [1.82, 2.24) is 0 Å². The second-order valence-corrected chi connectivity index (χ2v) is 5.96. The molecule has 0 fully saturated rings. The maximum atomic E-state index is 10.6. The molecule has 0 spiro atoms. The van der Waals surface area contributed by atoms with E-state index in [1.807, 2.05) is 51.1 Å². The van der Waals surface area contributed by atoms with Gasteiger partial charge in [0.2, 0.25) is 5.91 Å². The number of hydrogen-bond acceptors (Lipinski definition) is 3. The third kappa shape index (κ3) is 10.9. The molecule has 22 heavy (non-hydrogen) atoms. The molecule has 5 nitrogen and oxygen atoms in total. The van der Waals surface area contributed by atoms with Gasteiger partial charge in [-0.25, -0.2) is 0 Å². The first-order valence-electron chi connectivity index (χ1n) is 7.53. The van der Waals surface area contributed by atoms with Crippen LogP contribution in [0.3, 0.4) is 0 Å². The molecule has 0 saturated carbocycles. The number of amides is 1. The van der Waals surface area contributed by atoms with Crippen LogP contribution in [0.4, 0.5) is 0 Å². The Morgan fingerprint density at radius 1 is 1.09 bits per heavy atom. The maximum absolute atomic E-state index is 10.6. The number of hydrogen-bond donors (Lipinski definition) is 3. The average Bonchev–Trinajstić information content (AvgIpc) is 2.38. The van der Waals surface area contributed by atoms with Gasteiger partial charge in [-0.3, -0.25) is 9.59 Å². The minimum atomic E-state index is -0.869. The molecule has 0 aliphatic rings. The first kappa shape index (κ1) is 20.1. The molecule has 124 valence electrons. The molecular formula is C17H28N2O3. The van der Waals surface area contributed by atoms with E-state index in [4.69, 9.17) is 16.6 Å². The lowest BCUT2D eigenvalue weighted by atomic mass is 9.91. The van der Waals surface area contributed by atoms with E-state index in [1.165, 1.54) is 5.56 Å². The molecule has 0 bridgehead atoms. The SMILES string of the molecule is CC(C)C[C@@H](CC(N)=O)CC(=O)O.C[C@H](N)c1ccccc1. The van der Waals surface area contributed by atoms with Crippen molar-refractivity contribution in [3.8, 4) is 0 Å². The van der Waals surface area contributed by atoms with Gasteiger partial charge in [0, 0.05) is 18.9 Å². The summed E-state index contributed by atoms with van der Waals surface area (Å²) in [4.78, 5) is 21.0. The Balaban J connectivity index is 0.000000425. The van der Waals surface area contributed by atoms with Crippen LogP contribution in [0.1, 0.15) is 51.6 Å². The van der Waals surface area contributed by atoms with E-state index in [2.05, 4.69) is 0 Å². The highest BCUT2D eigenvalue weighted by Crippen LogP contribution is 2.18. The molecule has 5 N–H and O–H groups in total. The predicted octanol–water partition coefficient (Wildman–Crippen LogP) is 2.71. The van der Waals surface area contributed by atoms with Crippen molar-refractivity contribution in [1.29, 1.82) is 0 Å². The molecule has 0 aromatic heterocycles. The number of aliphatic carboxylic acids is 1. The molecule has 1 amide bonds. The number of benzene rings is 1. The fraction of sp³-hybridized carbons (Fsp3) is 0.529. The fourth-order valence-corrected chi connectivity index (χ4v) is 2.19. The van der Waals surface area contributed by atoms with Crippen LogP contribution in [-0.2, 0) is 9.59 Å². The summed E-state index contributed by atoms with van der Waals surface area (Å²) < 4.78 is 0. The summed E-state index contributed by atoms with van der Waals surface area (Å²) in [5.41, 5.74) is 11.8.